The predicted octanol–water partition coefficient (Wildman–Crippen LogP) is 2.99. The molecule has 2 amide bonds. The molecule has 0 atom stereocenters. The van der Waals surface area contributed by atoms with Crippen LogP contribution in [0.5, 0.6) is 5.75 Å². The number of nitrogens with zero attached hydrogens (tertiary/aromatic N) is 1. The van der Waals surface area contributed by atoms with E-state index in [0.29, 0.717) is 19.6 Å². The van der Waals surface area contributed by atoms with Gasteiger partial charge < -0.3 is 15.0 Å². The Balaban J connectivity index is 2.78. The van der Waals surface area contributed by atoms with Gasteiger partial charge in [0.2, 0.25) is 11.8 Å². The van der Waals surface area contributed by atoms with Crippen LogP contribution < -0.4 is 10.1 Å². The van der Waals surface area contributed by atoms with Crippen LogP contribution in [-0.4, -0.2) is 36.9 Å². The summed E-state index contributed by atoms with van der Waals surface area (Å²) in [6.07, 6.45) is 1.76. The van der Waals surface area contributed by atoms with E-state index >= 15 is 0 Å². The first-order valence-electron chi connectivity index (χ1n) is 8.58. The van der Waals surface area contributed by atoms with Crippen molar-refractivity contribution in [2.75, 3.05) is 20.2 Å². The van der Waals surface area contributed by atoms with E-state index in [4.69, 9.17) is 4.74 Å². The second-order valence-corrected chi connectivity index (χ2v) is 6.41. The average molecular weight is 334 g/mol. The SMILES string of the molecule is CCCN(CCC)C(=O)C(C)(C)C(=O)NCc1ccccc1OC. The van der Waals surface area contributed by atoms with E-state index in [1.807, 2.05) is 38.1 Å². The summed E-state index contributed by atoms with van der Waals surface area (Å²) in [4.78, 5) is 27.1. The Bertz CT molecular complexity index is 549. The molecule has 0 fully saturated rings. The van der Waals surface area contributed by atoms with E-state index in [-0.39, 0.29) is 11.8 Å². The van der Waals surface area contributed by atoms with Gasteiger partial charge in [0.1, 0.15) is 11.2 Å². The molecule has 0 aliphatic heterocycles. The van der Waals surface area contributed by atoms with Crippen molar-refractivity contribution >= 4 is 11.8 Å². The summed E-state index contributed by atoms with van der Waals surface area (Å²) >= 11 is 0. The van der Waals surface area contributed by atoms with Gasteiger partial charge >= 0.3 is 0 Å². The van der Waals surface area contributed by atoms with Crippen LogP contribution >= 0.6 is 0 Å². The maximum atomic E-state index is 12.8. The van der Waals surface area contributed by atoms with E-state index < -0.39 is 5.41 Å². The van der Waals surface area contributed by atoms with E-state index in [0.717, 1.165) is 24.2 Å². The van der Waals surface area contributed by atoms with Gasteiger partial charge in [-0.15, -0.1) is 0 Å². The number of nitrogens with one attached hydrogen (secondary N) is 1. The molecule has 0 spiro atoms. The molecule has 0 unspecified atom stereocenters. The minimum atomic E-state index is -1.09. The Morgan fingerprint density at radius 3 is 2.25 bits per heavy atom. The molecule has 24 heavy (non-hydrogen) atoms. The third kappa shape index (κ3) is 4.98. The van der Waals surface area contributed by atoms with Gasteiger partial charge in [0.25, 0.3) is 0 Å². The second-order valence-electron chi connectivity index (χ2n) is 6.41. The van der Waals surface area contributed by atoms with Crippen molar-refractivity contribution in [1.82, 2.24) is 10.2 Å². The molecule has 0 radical (unpaired) electrons. The zero-order valence-corrected chi connectivity index (χ0v) is 15.5. The van der Waals surface area contributed by atoms with Crippen molar-refractivity contribution in [2.45, 2.75) is 47.1 Å². The van der Waals surface area contributed by atoms with Gasteiger partial charge in [0.05, 0.1) is 7.11 Å². The molecule has 134 valence electrons. The summed E-state index contributed by atoms with van der Waals surface area (Å²) in [5, 5.41) is 2.87. The third-order valence-corrected chi connectivity index (χ3v) is 4.01. The van der Waals surface area contributed by atoms with Crippen LogP contribution in [0.1, 0.15) is 46.1 Å². The lowest BCUT2D eigenvalue weighted by Crippen LogP contribution is -2.49. The molecule has 0 saturated heterocycles. The molecule has 5 heteroatoms. The maximum Gasteiger partial charge on any atom is 0.237 e. The number of benzene rings is 1. The molecule has 0 bridgehead atoms. The fraction of sp³-hybridized carbons (Fsp3) is 0.579. The lowest BCUT2D eigenvalue weighted by atomic mass is 9.90. The highest BCUT2D eigenvalue weighted by Crippen LogP contribution is 2.22. The number of carbonyl (C=O) groups is 2. The van der Waals surface area contributed by atoms with Crippen molar-refractivity contribution in [3.05, 3.63) is 29.8 Å². The zero-order chi connectivity index (χ0) is 18.2. The maximum absolute atomic E-state index is 12.8. The number of carbonyl (C=O) groups excluding carboxylic acids is 2. The molecule has 1 rings (SSSR count). The monoisotopic (exact) mass is 334 g/mol. The van der Waals surface area contributed by atoms with Crippen LogP contribution in [0.4, 0.5) is 0 Å². The van der Waals surface area contributed by atoms with Crippen LogP contribution in [-0.2, 0) is 16.1 Å². The smallest absolute Gasteiger partial charge is 0.237 e. The van der Waals surface area contributed by atoms with Gasteiger partial charge in [-0.05, 0) is 32.8 Å². The van der Waals surface area contributed by atoms with Gasteiger partial charge in [0.15, 0.2) is 0 Å². The largest absolute Gasteiger partial charge is 0.496 e. The quantitative estimate of drug-likeness (QED) is 0.706. The Kier molecular flexibility index (Phi) is 7.75. The van der Waals surface area contributed by atoms with Crippen molar-refractivity contribution in [1.29, 1.82) is 0 Å². The van der Waals surface area contributed by atoms with Crippen molar-refractivity contribution in [3.8, 4) is 5.75 Å². The lowest BCUT2D eigenvalue weighted by Gasteiger charge is -2.31. The number of hydrogen-bond donors (Lipinski definition) is 1. The molecule has 0 aliphatic carbocycles. The highest BCUT2D eigenvalue weighted by molar-refractivity contribution is 6.04. The standard InChI is InChI=1S/C19H30N2O3/c1-6-12-21(13-7-2)18(23)19(3,4)17(22)20-14-15-10-8-9-11-16(15)24-5/h8-11H,6-7,12-14H2,1-5H3,(H,20,22). The summed E-state index contributed by atoms with van der Waals surface area (Å²) in [6.45, 7) is 9.12. The average Bonchev–Trinajstić information content (AvgIpc) is 2.58. The van der Waals surface area contributed by atoms with Gasteiger partial charge in [-0.1, -0.05) is 32.0 Å². The number of para-hydroxylation sites is 1. The minimum absolute atomic E-state index is 0.122. The molecular weight excluding hydrogens is 304 g/mol. The summed E-state index contributed by atoms with van der Waals surface area (Å²) in [5.41, 5.74) is -0.206. The molecule has 0 aliphatic rings. The summed E-state index contributed by atoms with van der Waals surface area (Å²) in [5.74, 6) is 0.333. The highest BCUT2D eigenvalue weighted by atomic mass is 16.5. The Hall–Kier alpha value is -2.04. The number of amides is 2. The van der Waals surface area contributed by atoms with Gasteiger partial charge in [-0.25, -0.2) is 0 Å². The van der Waals surface area contributed by atoms with Crippen molar-refractivity contribution < 1.29 is 14.3 Å². The third-order valence-electron chi connectivity index (χ3n) is 4.01. The van der Waals surface area contributed by atoms with E-state index in [1.54, 1.807) is 25.9 Å². The summed E-state index contributed by atoms with van der Waals surface area (Å²) < 4.78 is 5.29. The molecule has 0 aromatic heterocycles. The van der Waals surface area contributed by atoms with Crippen LogP contribution in [0.15, 0.2) is 24.3 Å². The molecule has 5 nitrogen and oxygen atoms in total. The van der Waals surface area contributed by atoms with Crippen LogP contribution in [0.25, 0.3) is 0 Å². The lowest BCUT2D eigenvalue weighted by molar-refractivity contribution is -0.148. The van der Waals surface area contributed by atoms with Crippen LogP contribution in [0.3, 0.4) is 0 Å². The summed E-state index contributed by atoms with van der Waals surface area (Å²) in [6, 6.07) is 7.52. The Morgan fingerprint density at radius 1 is 1.12 bits per heavy atom. The fourth-order valence-electron chi connectivity index (χ4n) is 2.59. The first kappa shape index (κ1) is 20.0. The van der Waals surface area contributed by atoms with Crippen LogP contribution in [0, 0.1) is 5.41 Å². The topological polar surface area (TPSA) is 58.6 Å². The van der Waals surface area contributed by atoms with Gasteiger partial charge in [-0.2, -0.15) is 0 Å². The molecule has 0 saturated carbocycles. The minimum Gasteiger partial charge on any atom is -0.496 e. The fourth-order valence-corrected chi connectivity index (χ4v) is 2.59. The molecular formula is C19H30N2O3. The second kappa shape index (κ2) is 9.30. The Labute approximate surface area is 145 Å². The number of hydrogen-bond acceptors (Lipinski definition) is 3. The van der Waals surface area contributed by atoms with Crippen molar-refractivity contribution in [3.63, 3.8) is 0 Å². The molecule has 1 aromatic carbocycles. The van der Waals surface area contributed by atoms with Crippen molar-refractivity contribution in [2.24, 2.45) is 5.41 Å². The van der Waals surface area contributed by atoms with E-state index in [1.165, 1.54) is 0 Å². The molecule has 0 heterocycles. The highest BCUT2D eigenvalue weighted by Gasteiger charge is 2.38. The normalized spacial score (nSPS) is 11.0. The van der Waals surface area contributed by atoms with Gasteiger partial charge in [-0.3, -0.25) is 9.59 Å². The van der Waals surface area contributed by atoms with E-state index in [2.05, 4.69) is 5.32 Å². The van der Waals surface area contributed by atoms with Gasteiger partial charge in [0, 0.05) is 25.2 Å². The number of methoxy groups -OCH3 is 1. The van der Waals surface area contributed by atoms with E-state index in [9.17, 15) is 9.59 Å². The molecule has 1 N–H and O–H groups in total. The Morgan fingerprint density at radius 2 is 1.71 bits per heavy atom. The molecule has 1 aromatic rings. The van der Waals surface area contributed by atoms with Crippen LogP contribution in [0.2, 0.25) is 0 Å². The predicted molar refractivity (Wildman–Crippen MR) is 95.8 cm³/mol. The number of rotatable bonds is 9. The first-order valence-corrected chi connectivity index (χ1v) is 8.58. The first-order chi connectivity index (χ1) is 11.4. The summed E-state index contributed by atoms with van der Waals surface area (Å²) in [7, 11) is 1.60. The zero-order valence-electron chi connectivity index (χ0n) is 15.5. The number of ether oxygens (including phenoxy) is 1.